The molecule has 1 saturated heterocycles. The normalized spacial score (nSPS) is 19.1. The number of rotatable bonds is 3. The van der Waals surface area contributed by atoms with Crippen molar-refractivity contribution in [2.75, 3.05) is 13.1 Å². The van der Waals surface area contributed by atoms with E-state index < -0.39 is 5.67 Å². The molecular formula is C16H24BrFN4. The highest BCUT2D eigenvalue weighted by Crippen LogP contribution is 2.35. The van der Waals surface area contributed by atoms with Crippen LogP contribution in [0.1, 0.15) is 51.9 Å². The molecule has 0 aliphatic carbocycles. The molecule has 0 atom stereocenters. The Balaban J connectivity index is 2.15. The molecule has 4 nitrogen and oxygen atoms in total. The Kier molecular flexibility index (Phi) is 4.98. The van der Waals surface area contributed by atoms with Crippen molar-refractivity contribution in [2.45, 2.75) is 64.7 Å². The van der Waals surface area contributed by atoms with Crippen LogP contribution in [0.2, 0.25) is 0 Å². The van der Waals surface area contributed by atoms with E-state index in [4.69, 9.17) is 5.26 Å². The van der Waals surface area contributed by atoms with E-state index >= 15 is 4.39 Å². The lowest BCUT2D eigenvalue weighted by Gasteiger charge is -2.43. The predicted molar refractivity (Wildman–Crippen MR) is 88.4 cm³/mol. The zero-order valence-corrected chi connectivity index (χ0v) is 15.4. The van der Waals surface area contributed by atoms with Gasteiger partial charge in [0, 0.05) is 31.6 Å². The number of aryl methyl sites for hydroxylation is 1. The van der Waals surface area contributed by atoms with E-state index in [0.29, 0.717) is 36.0 Å². The van der Waals surface area contributed by atoms with Crippen molar-refractivity contribution in [3.05, 3.63) is 15.9 Å². The van der Waals surface area contributed by atoms with E-state index in [0.717, 1.165) is 18.8 Å². The summed E-state index contributed by atoms with van der Waals surface area (Å²) in [5.74, 6) is 0. The Labute approximate surface area is 140 Å². The van der Waals surface area contributed by atoms with Gasteiger partial charge in [0.25, 0.3) is 0 Å². The third kappa shape index (κ3) is 3.52. The Morgan fingerprint density at radius 1 is 1.36 bits per heavy atom. The highest BCUT2D eigenvalue weighted by molar-refractivity contribution is 9.10. The molecule has 0 radical (unpaired) electrons. The van der Waals surface area contributed by atoms with Crippen LogP contribution in [0, 0.1) is 11.3 Å². The predicted octanol–water partition coefficient (Wildman–Crippen LogP) is 3.68. The molecule has 1 aromatic heterocycles. The van der Waals surface area contributed by atoms with Crippen molar-refractivity contribution >= 4 is 15.9 Å². The van der Waals surface area contributed by atoms with Crippen LogP contribution in [0.15, 0.2) is 4.47 Å². The number of alkyl halides is 1. The Bertz CT molecular complexity index is 574. The van der Waals surface area contributed by atoms with Crippen LogP contribution in [0.25, 0.3) is 0 Å². The van der Waals surface area contributed by atoms with Crippen LogP contribution >= 0.6 is 15.9 Å². The molecule has 0 N–H and O–H groups in total. The molecule has 0 bridgehead atoms. The summed E-state index contributed by atoms with van der Waals surface area (Å²) >= 11 is 3.41. The first-order valence-electron chi connectivity index (χ1n) is 7.79. The maximum Gasteiger partial charge on any atom is 0.176 e. The fourth-order valence-corrected chi connectivity index (χ4v) is 3.54. The van der Waals surface area contributed by atoms with Crippen molar-refractivity contribution < 1.29 is 4.39 Å². The van der Waals surface area contributed by atoms with Crippen LogP contribution in [0.5, 0.6) is 0 Å². The van der Waals surface area contributed by atoms with Gasteiger partial charge in [-0.2, -0.15) is 10.4 Å². The second-order valence-electron chi connectivity index (χ2n) is 7.02. The molecule has 2 rings (SSSR count). The third-order valence-electron chi connectivity index (χ3n) is 4.49. The topological polar surface area (TPSA) is 44.9 Å². The average molecular weight is 371 g/mol. The van der Waals surface area contributed by atoms with E-state index in [1.165, 1.54) is 0 Å². The van der Waals surface area contributed by atoms with Gasteiger partial charge in [-0.15, -0.1) is 0 Å². The minimum absolute atomic E-state index is 0.0844. The lowest BCUT2D eigenvalue weighted by atomic mass is 9.86. The van der Waals surface area contributed by atoms with Crippen LogP contribution in [0.3, 0.4) is 0 Å². The van der Waals surface area contributed by atoms with Crippen molar-refractivity contribution in [2.24, 2.45) is 0 Å². The highest BCUT2D eigenvalue weighted by atomic mass is 79.9. The molecule has 0 unspecified atom stereocenters. The molecule has 1 aliphatic heterocycles. The Hall–Kier alpha value is -0.930. The fraction of sp³-hybridized carbons (Fsp3) is 0.750. The number of halogens is 2. The maximum atomic E-state index is 15.3. The van der Waals surface area contributed by atoms with Gasteiger partial charge in [0.2, 0.25) is 0 Å². The largest absolute Gasteiger partial charge is 0.298 e. The van der Waals surface area contributed by atoms with Crippen LogP contribution in [-0.2, 0) is 13.0 Å². The zero-order chi connectivity index (χ0) is 16.5. The average Bonchev–Trinajstić information content (AvgIpc) is 2.74. The number of nitriles is 1. The molecule has 0 spiro atoms. The lowest BCUT2D eigenvalue weighted by Crippen LogP contribution is -2.50. The van der Waals surface area contributed by atoms with Gasteiger partial charge in [-0.1, -0.05) is 0 Å². The highest BCUT2D eigenvalue weighted by Gasteiger charge is 2.39. The van der Waals surface area contributed by atoms with E-state index in [-0.39, 0.29) is 5.54 Å². The monoisotopic (exact) mass is 370 g/mol. The maximum absolute atomic E-state index is 15.3. The quantitative estimate of drug-likeness (QED) is 0.814. The standard InChI is InChI=1S/C16H24BrFN4/c1-5-22-13(14(17)12(11-19)20-22)10-16(18)6-8-21(9-7-16)15(2,3)4/h5-10H2,1-4H3. The summed E-state index contributed by atoms with van der Waals surface area (Å²) in [4.78, 5) is 2.33. The molecule has 22 heavy (non-hydrogen) atoms. The fourth-order valence-electron chi connectivity index (χ4n) is 3.03. The molecule has 0 amide bonds. The van der Waals surface area contributed by atoms with Gasteiger partial charge in [0.1, 0.15) is 11.7 Å². The number of hydrogen-bond donors (Lipinski definition) is 0. The first-order chi connectivity index (χ1) is 10.2. The molecule has 1 aliphatic rings. The molecule has 2 heterocycles. The summed E-state index contributed by atoms with van der Waals surface area (Å²) in [6.45, 7) is 10.6. The number of piperidine rings is 1. The first-order valence-corrected chi connectivity index (χ1v) is 8.59. The molecule has 0 saturated carbocycles. The summed E-state index contributed by atoms with van der Waals surface area (Å²) in [6, 6.07) is 2.06. The second kappa shape index (κ2) is 6.29. The van der Waals surface area contributed by atoms with Crippen molar-refractivity contribution in [1.29, 1.82) is 5.26 Å². The molecule has 122 valence electrons. The SMILES string of the molecule is CCn1nc(C#N)c(Br)c1CC1(F)CCN(C(C)(C)C)CC1. The number of aromatic nitrogens is 2. The van der Waals surface area contributed by atoms with E-state index in [2.05, 4.69) is 52.8 Å². The smallest absolute Gasteiger partial charge is 0.176 e. The first kappa shape index (κ1) is 17.4. The molecule has 1 aromatic rings. The number of hydrogen-bond acceptors (Lipinski definition) is 3. The molecule has 1 fully saturated rings. The number of likely N-dealkylation sites (tertiary alicyclic amines) is 1. The van der Waals surface area contributed by atoms with Crippen LogP contribution in [0.4, 0.5) is 4.39 Å². The minimum atomic E-state index is -1.22. The molecule has 0 aromatic carbocycles. The molecular weight excluding hydrogens is 347 g/mol. The van der Waals surface area contributed by atoms with Gasteiger partial charge in [0.05, 0.1) is 10.2 Å². The van der Waals surface area contributed by atoms with Crippen LogP contribution < -0.4 is 0 Å². The van der Waals surface area contributed by atoms with Crippen LogP contribution in [-0.4, -0.2) is 39.0 Å². The minimum Gasteiger partial charge on any atom is -0.298 e. The van der Waals surface area contributed by atoms with E-state index in [1.807, 2.05) is 6.92 Å². The van der Waals surface area contributed by atoms with E-state index in [9.17, 15) is 0 Å². The summed E-state index contributed by atoms with van der Waals surface area (Å²) in [7, 11) is 0. The summed E-state index contributed by atoms with van der Waals surface area (Å²) in [5.41, 5.74) is 0.00345. The van der Waals surface area contributed by atoms with Gasteiger partial charge < -0.3 is 0 Å². The van der Waals surface area contributed by atoms with Gasteiger partial charge >= 0.3 is 0 Å². The third-order valence-corrected chi connectivity index (χ3v) is 5.32. The second-order valence-corrected chi connectivity index (χ2v) is 7.82. The van der Waals surface area contributed by atoms with Crippen molar-refractivity contribution in [3.63, 3.8) is 0 Å². The molecule has 6 heteroatoms. The van der Waals surface area contributed by atoms with Crippen molar-refractivity contribution in [1.82, 2.24) is 14.7 Å². The van der Waals surface area contributed by atoms with E-state index in [1.54, 1.807) is 4.68 Å². The zero-order valence-electron chi connectivity index (χ0n) is 13.8. The van der Waals surface area contributed by atoms with Gasteiger partial charge in [-0.05, 0) is 56.5 Å². The van der Waals surface area contributed by atoms with Gasteiger partial charge in [-0.3, -0.25) is 9.58 Å². The van der Waals surface area contributed by atoms with Gasteiger partial charge in [-0.25, -0.2) is 4.39 Å². The van der Waals surface area contributed by atoms with Crippen molar-refractivity contribution in [3.8, 4) is 6.07 Å². The van der Waals surface area contributed by atoms with Gasteiger partial charge in [0.15, 0.2) is 5.69 Å². The lowest BCUT2D eigenvalue weighted by molar-refractivity contribution is 0.0165. The Morgan fingerprint density at radius 3 is 2.41 bits per heavy atom. The summed E-state index contributed by atoms with van der Waals surface area (Å²) in [5, 5.41) is 13.3. The number of nitrogens with zero attached hydrogens (tertiary/aromatic N) is 4. The Morgan fingerprint density at radius 2 is 1.95 bits per heavy atom. The summed E-state index contributed by atoms with van der Waals surface area (Å²) in [6.07, 6.45) is 1.36. The summed E-state index contributed by atoms with van der Waals surface area (Å²) < 4.78 is 17.6.